The number of guanidine groups is 1. The summed E-state index contributed by atoms with van der Waals surface area (Å²) in [5.74, 6) is 0.507. The van der Waals surface area contributed by atoms with Crippen molar-refractivity contribution in [2.45, 2.75) is 19.3 Å². The highest BCUT2D eigenvalue weighted by atomic mass is 19.1. The minimum Gasteiger partial charge on any atom is -0.356 e. The van der Waals surface area contributed by atoms with Crippen molar-refractivity contribution in [3.8, 4) is 0 Å². The lowest BCUT2D eigenvalue weighted by Gasteiger charge is -2.27. The number of rotatable bonds is 5. The van der Waals surface area contributed by atoms with Gasteiger partial charge in [-0.1, -0.05) is 38.1 Å². The van der Waals surface area contributed by atoms with Crippen molar-refractivity contribution in [1.29, 1.82) is 0 Å². The van der Waals surface area contributed by atoms with Crippen molar-refractivity contribution < 1.29 is 4.39 Å². The zero-order chi connectivity index (χ0) is 14.3. The van der Waals surface area contributed by atoms with Crippen LogP contribution in [0.4, 0.5) is 4.39 Å². The number of benzene rings is 1. The van der Waals surface area contributed by atoms with Gasteiger partial charge in [-0.2, -0.15) is 0 Å². The maximum absolute atomic E-state index is 13.8. The predicted molar refractivity (Wildman–Crippen MR) is 79.0 cm³/mol. The third kappa shape index (κ3) is 4.39. The summed E-state index contributed by atoms with van der Waals surface area (Å²) in [5.41, 5.74) is 0.374. The van der Waals surface area contributed by atoms with E-state index in [-0.39, 0.29) is 11.2 Å². The summed E-state index contributed by atoms with van der Waals surface area (Å²) in [6, 6.07) is 6.86. The monoisotopic (exact) mass is 263 g/mol. The number of hydrogen-bond donors (Lipinski definition) is 2. The summed E-state index contributed by atoms with van der Waals surface area (Å²) in [6.07, 6.45) is 1.76. The Balaban J connectivity index is 2.70. The molecular formula is C15H22FN3. The van der Waals surface area contributed by atoms with Gasteiger partial charge in [-0.05, 0) is 11.6 Å². The quantitative estimate of drug-likeness (QED) is 0.486. The van der Waals surface area contributed by atoms with Crippen molar-refractivity contribution in [1.82, 2.24) is 10.6 Å². The van der Waals surface area contributed by atoms with E-state index in [4.69, 9.17) is 0 Å². The van der Waals surface area contributed by atoms with E-state index in [1.165, 1.54) is 6.07 Å². The second-order valence-corrected chi connectivity index (χ2v) is 4.96. The number of nitrogens with one attached hydrogen (secondary N) is 2. The summed E-state index contributed by atoms with van der Waals surface area (Å²) < 4.78 is 13.8. The van der Waals surface area contributed by atoms with Crippen LogP contribution in [0.5, 0.6) is 0 Å². The maximum atomic E-state index is 13.8. The first kappa shape index (κ1) is 15.2. The molecule has 19 heavy (non-hydrogen) atoms. The van der Waals surface area contributed by atoms with Crippen molar-refractivity contribution in [2.75, 3.05) is 20.1 Å². The molecule has 4 heteroatoms. The van der Waals surface area contributed by atoms with E-state index in [1.54, 1.807) is 19.2 Å². The lowest BCUT2D eigenvalue weighted by atomic mass is 9.84. The van der Waals surface area contributed by atoms with Crippen molar-refractivity contribution in [3.63, 3.8) is 0 Å². The molecule has 0 aliphatic carbocycles. The number of halogens is 1. The molecule has 1 aromatic rings. The molecule has 104 valence electrons. The minimum atomic E-state index is -0.322. The summed E-state index contributed by atoms with van der Waals surface area (Å²) >= 11 is 0. The van der Waals surface area contributed by atoms with Crippen molar-refractivity contribution in [3.05, 3.63) is 48.3 Å². The summed E-state index contributed by atoms with van der Waals surface area (Å²) in [4.78, 5) is 4.10. The van der Waals surface area contributed by atoms with Gasteiger partial charge in [0.2, 0.25) is 0 Å². The van der Waals surface area contributed by atoms with E-state index in [0.29, 0.717) is 24.6 Å². The highest BCUT2D eigenvalue weighted by molar-refractivity contribution is 5.79. The summed E-state index contributed by atoms with van der Waals surface area (Å²) in [7, 11) is 1.70. The van der Waals surface area contributed by atoms with E-state index < -0.39 is 0 Å². The molecule has 0 amide bonds. The van der Waals surface area contributed by atoms with Crippen LogP contribution in [0, 0.1) is 5.82 Å². The Bertz CT molecular complexity index is 452. The zero-order valence-corrected chi connectivity index (χ0v) is 11.8. The molecule has 0 aliphatic heterocycles. The molecule has 0 heterocycles. The van der Waals surface area contributed by atoms with Crippen LogP contribution >= 0.6 is 0 Å². The lowest BCUT2D eigenvalue weighted by Crippen LogP contribution is -2.43. The van der Waals surface area contributed by atoms with Crippen molar-refractivity contribution >= 4 is 5.96 Å². The molecule has 1 aromatic carbocycles. The van der Waals surface area contributed by atoms with Gasteiger partial charge in [0, 0.05) is 25.6 Å². The predicted octanol–water partition coefficient (Wildman–Crippen LogP) is 2.45. The fourth-order valence-electron chi connectivity index (χ4n) is 1.80. The molecule has 0 saturated heterocycles. The molecule has 0 bridgehead atoms. The maximum Gasteiger partial charge on any atom is 0.191 e. The number of aliphatic imine (C=N–C) groups is 1. The van der Waals surface area contributed by atoms with Crippen LogP contribution in [0.1, 0.15) is 19.4 Å². The lowest BCUT2D eigenvalue weighted by molar-refractivity contribution is 0.473. The van der Waals surface area contributed by atoms with Crippen molar-refractivity contribution in [2.24, 2.45) is 4.99 Å². The van der Waals surface area contributed by atoms with Gasteiger partial charge in [-0.25, -0.2) is 4.39 Å². The van der Waals surface area contributed by atoms with Gasteiger partial charge in [0.25, 0.3) is 0 Å². The fraction of sp³-hybridized carbons (Fsp3) is 0.400. The van der Waals surface area contributed by atoms with Gasteiger partial charge < -0.3 is 10.6 Å². The SMILES string of the molecule is C=CCNC(=NC)NCC(C)(C)c1ccccc1F. The largest absolute Gasteiger partial charge is 0.356 e. The van der Waals surface area contributed by atoms with Crippen LogP contribution in [0.15, 0.2) is 41.9 Å². The molecule has 0 saturated carbocycles. The average Bonchev–Trinajstić information content (AvgIpc) is 2.39. The molecule has 0 atom stereocenters. The first-order valence-electron chi connectivity index (χ1n) is 6.31. The van der Waals surface area contributed by atoms with E-state index in [1.807, 2.05) is 26.0 Å². The van der Waals surface area contributed by atoms with Gasteiger partial charge in [-0.15, -0.1) is 6.58 Å². The highest BCUT2D eigenvalue weighted by Crippen LogP contribution is 2.24. The smallest absolute Gasteiger partial charge is 0.191 e. The Hall–Kier alpha value is -1.84. The second kappa shape index (κ2) is 6.92. The second-order valence-electron chi connectivity index (χ2n) is 4.96. The van der Waals surface area contributed by atoms with Gasteiger partial charge in [-0.3, -0.25) is 4.99 Å². The zero-order valence-electron chi connectivity index (χ0n) is 11.8. The molecule has 0 aromatic heterocycles. The van der Waals surface area contributed by atoms with E-state index in [9.17, 15) is 4.39 Å². The summed E-state index contributed by atoms with van der Waals surface area (Å²) in [5, 5.41) is 6.28. The van der Waals surface area contributed by atoms with E-state index >= 15 is 0 Å². The van der Waals surface area contributed by atoms with Crippen LogP contribution in [0.3, 0.4) is 0 Å². The van der Waals surface area contributed by atoms with Crippen LogP contribution in [0.25, 0.3) is 0 Å². The number of nitrogens with zero attached hydrogens (tertiary/aromatic N) is 1. The molecular weight excluding hydrogens is 241 g/mol. The Morgan fingerprint density at radius 2 is 2.05 bits per heavy atom. The first-order chi connectivity index (χ1) is 9.01. The number of hydrogen-bond acceptors (Lipinski definition) is 1. The van der Waals surface area contributed by atoms with Crippen LogP contribution in [0.2, 0.25) is 0 Å². The molecule has 0 aliphatic rings. The van der Waals surface area contributed by atoms with Crippen LogP contribution in [-0.2, 0) is 5.41 Å². The molecule has 2 N–H and O–H groups in total. The Morgan fingerprint density at radius 1 is 1.37 bits per heavy atom. The fourth-order valence-corrected chi connectivity index (χ4v) is 1.80. The third-order valence-electron chi connectivity index (χ3n) is 2.94. The van der Waals surface area contributed by atoms with Gasteiger partial charge in [0.05, 0.1) is 0 Å². The standard InChI is InChI=1S/C15H22FN3/c1-5-10-18-14(17-4)19-11-15(2,3)12-8-6-7-9-13(12)16/h5-9H,1,10-11H2,2-4H3,(H2,17,18,19). The van der Waals surface area contributed by atoms with Gasteiger partial charge in [0.15, 0.2) is 5.96 Å². The molecule has 0 fully saturated rings. The Morgan fingerprint density at radius 3 is 2.63 bits per heavy atom. The van der Waals surface area contributed by atoms with Gasteiger partial charge in [0.1, 0.15) is 5.82 Å². The average molecular weight is 263 g/mol. The molecule has 0 spiro atoms. The molecule has 1 rings (SSSR count). The topological polar surface area (TPSA) is 36.4 Å². The molecule has 0 radical (unpaired) electrons. The van der Waals surface area contributed by atoms with Gasteiger partial charge >= 0.3 is 0 Å². The minimum absolute atomic E-state index is 0.177. The summed E-state index contributed by atoms with van der Waals surface area (Å²) in [6.45, 7) is 8.87. The van der Waals surface area contributed by atoms with Crippen LogP contribution in [-0.4, -0.2) is 26.1 Å². The molecule has 3 nitrogen and oxygen atoms in total. The van der Waals surface area contributed by atoms with E-state index in [2.05, 4.69) is 22.2 Å². The molecule has 0 unspecified atom stereocenters. The normalized spacial score (nSPS) is 12.1. The Labute approximate surface area is 114 Å². The third-order valence-corrected chi connectivity index (χ3v) is 2.94. The van der Waals surface area contributed by atoms with E-state index in [0.717, 1.165) is 0 Å². The van der Waals surface area contributed by atoms with Crippen LogP contribution < -0.4 is 10.6 Å². The Kier molecular flexibility index (Phi) is 5.55. The highest BCUT2D eigenvalue weighted by Gasteiger charge is 2.23. The first-order valence-corrected chi connectivity index (χ1v) is 6.31.